The van der Waals surface area contributed by atoms with E-state index in [0.717, 1.165) is 42.9 Å². The van der Waals surface area contributed by atoms with Crippen LogP contribution in [-0.4, -0.2) is 29.8 Å². The van der Waals surface area contributed by atoms with Crippen molar-refractivity contribution in [1.29, 1.82) is 0 Å². The van der Waals surface area contributed by atoms with Gasteiger partial charge in [0.15, 0.2) is 0 Å². The van der Waals surface area contributed by atoms with Crippen LogP contribution in [0.15, 0.2) is 28.9 Å². The Bertz CT molecular complexity index is 825. The Labute approximate surface area is 146 Å². The second kappa shape index (κ2) is 5.24. The molecule has 0 aliphatic heterocycles. The maximum Gasteiger partial charge on any atom is 0.288 e. The van der Waals surface area contributed by atoms with Crippen molar-refractivity contribution >= 4 is 16.7 Å². The number of hydrogen-bond acceptors (Lipinski definition) is 4. The number of amides is 1. The SMILES string of the molecule is COc1cccc2coc(C(=O)NC3[C@@H]4CC5C[C@H]3CC(O)(C5)C4)c12. The molecule has 3 unspecified atom stereocenters. The van der Waals surface area contributed by atoms with Gasteiger partial charge in [-0.2, -0.15) is 0 Å². The largest absolute Gasteiger partial charge is 0.496 e. The highest BCUT2D eigenvalue weighted by Crippen LogP contribution is 2.55. The molecule has 5 heteroatoms. The van der Waals surface area contributed by atoms with Crippen LogP contribution >= 0.6 is 0 Å². The molecule has 4 saturated carbocycles. The van der Waals surface area contributed by atoms with E-state index in [1.54, 1.807) is 13.4 Å². The van der Waals surface area contributed by atoms with Crippen LogP contribution in [0.1, 0.15) is 42.7 Å². The van der Waals surface area contributed by atoms with Gasteiger partial charge in [-0.15, -0.1) is 0 Å². The summed E-state index contributed by atoms with van der Waals surface area (Å²) in [5.41, 5.74) is -0.488. The first-order valence-corrected chi connectivity index (χ1v) is 9.14. The lowest BCUT2D eigenvalue weighted by atomic mass is 9.52. The summed E-state index contributed by atoms with van der Waals surface area (Å²) < 4.78 is 11.0. The van der Waals surface area contributed by atoms with Gasteiger partial charge in [0.05, 0.1) is 24.4 Å². The van der Waals surface area contributed by atoms with Gasteiger partial charge in [0.2, 0.25) is 5.76 Å². The molecule has 132 valence electrons. The van der Waals surface area contributed by atoms with Crippen molar-refractivity contribution in [3.8, 4) is 5.75 Å². The fourth-order valence-corrected chi connectivity index (χ4v) is 5.84. The molecule has 0 saturated heterocycles. The number of ether oxygens (including phenoxy) is 1. The third-order valence-electron chi connectivity index (χ3n) is 6.55. The van der Waals surface area contributed by atoms with Crippen molar-refractivity contribution in [2.24, 2.45) is 17.8 Å². The van der Waals surface area contributed by atoms with Crippen LogP contribution in [0, 0.1) is 17.8 Å². The van der Waals surface area contributed by atoms with Crippen LogP contribution in [0.4, 0.5) is 0 Å². The van der Waals surface area contributed by atoms with E-state index in [4.69, 9.17) is 9.15 Å². The summed E-state index contributed by atoms with van der Waals surface area (Å²) in [6.07, 6.45) is 6.41. The Morgan fingerprint density at radius 3 is 2.72 bits per heavy atom. The highest BCUT2D eigenvalue weighted by molar-refractivity contribution is 6.07. The van der Waals surface area contributed by atoms with Gasteiger partial charge in [-0.05, 0) is 55.9 Å². The molecular formula is C20H23NO4. The summed E-state index contributed by atoms with van der Waals surface area (Å²) in [5.74, 6) is 2.17. The molecule has 1 amide bonds. The monoisotopic (exact) mass is 341 g/mol. The molecule has 4 bridgehead atoms. The fraction of sp³-hybridized carbons (Fsp3) is 0.550. The molecule has 25 heavy (non-hydrogen) atoms. The van der Waals surface area contributed by atoms with E-state index < -0.39 is 5.60 Å². The minimum atomic E-state index is -0.488. The lowest BCUT2D eigenvalue weighted by Gasteiger charge is -2.58. The fourth-order valence-electron chi connectivity index (χ4n) is 5.84. The second-order valence-corrected chi connectivity index (χ2v) is 8.18. The molecular weight excluding hydrogens is 318 g/mol. The first kappa shape index (κ1) is 15.3. The van der Waals surface area contributed by atoms with Gasteiger partial charge in [0.1, 0.15) is 5.75 Å². The van der Waals surface area contributed by atoms with Gasteiger partial charge in [-0.3, -0.25) is 4.79 Å². The summed E-state index contributed by atoms with van der Waals surface area (Å²) in [6, 6.07) is 5.78. The Hall–Kier alpha value is -2.01. The van der Waals surface area contributed by atoms with E-state index in [1.165, 1.54) is 0 Å². The zero-order valence-corrected chi connectivity index (χ0v) is 14.3. The predicted octanol–water partition coefficient (Wildman–Crippen LogP) is 3.11. The molecule has 0 spiro atoms. The van der Waals surface area contributed by atoms with Crippen molar-refractivity contribution in [2.75, 3.05) is 7.11 Å². The lowest BCUT2D eigenvalue weighted by molar-refractivity contribution is -0.137. The van der Waals surface area contributed by atoms with Gasteiger partial charge >= 0.3 is 0 Å². The maximum atomic E-state index is 12.9. The molecule has 2 aromatic rings. The van der Waals surface area contributed by atoms with E-state index in [0.29, 0.717) is 29.3 Å². The van der Waals surface area contributed by atoms with Crippen molar-refractivity contribution in [3.63, 3.8) is 0 Å². The average Bonchev–Trinajstić information content (AvgIpc) is 3.00. The summed E-state index contributed by atoms with van der Waals surface area (Å²) in [4.78, 5) is 12.9. The van der Waals surface area contributed by atoms with Gasteiger partial charge in [-0.25, -0.2) is 0 Å². The maximum absolute atomic E-state index is 12.9. The highest BCUT2D eigenvalue weighted by atomic mass is 16.5. The number of fused-ring (bicyclic) bond motifs is 1. The molecule has 6 rings (SSSR count). The molecule has 1 aromatic heterocycles. The Morgan fingerprint density at radius 2 is 2.04 bits per heavy atom. The van der Waals surface area contributed by atoms with E-state index >= 15 is 0 Å². The number of carbonyl (C=O) groups excluding carboxylic acids is 1. The second-order valence-electron chi connectivity index (χ2n) is 8.18. The van der Waals surface area contributed by atoms with E-state index in [2.05, 4.69) is 5.32 Å². The molecule has 5 atom stereocenters. The van der Waals surface area contributed by atoms with Crippen molar-refractivity contribution in [1.82, 2.24) is 5.32 Å². The van der Waals surface area contributed by atoms with Crippen LogP contribution in [0.3, 0.4) is 0 Å². The number of furan rings is 1. The van der Waals surface area contributed by atoms with Crippen molar-refractivity contribution in [2.45, 2.75) is 43.7 Å². The molecule has 1 heterocycles. The van der Waals surface area contributed by atoms with Gasteiger partial charge < -0.3 is 19.6 Å². The molecule has 5 nitrogen and oxygen atoms in total. The van der Waals surface area contributed by atoms with Crippen LogP contribution in [0.5, 0.6) is 5.75 Å². The molecule has 4 fully saturated rings. The summed E-state index contributed by atoms with van der Waals surface area (Å²) >= 11 is 0. The van der Waals surface area contributed by atoms with Gasteiger partial charge in [0.25, 0.3) is 5.91 Å². The standard InChI is InChI=1S/C20H23NO4/c1-24-15-4-2-3-12-10-25-18(16(12)15)19(22)21-17-13-5-11-6-14(17)9-20(23,7-11)8-13/h2-4,10-11,13-14,17,23H,5-9H2,1H3,(H,21,22)/t11?,13-,14+,17?,20?. The number of hydrogen-bond donors (Lipinski definition) is 2. The predicted molar refractivity (Wildman–Crippen MR) is 92.5 cm³/mol. The quantitative estimate of drug-likeness (QED) is 0.900. The lowest BCUT2D eigenvalue weighted by Crippen LogP contribution is -2.61. The van der Waals surface area contributed by atoms with Crippen LogP contribution in [0.2, 0.25) is 0 Å². The first-order valence-electron chi connectivity index (χ1n) is 9.14. The Morgan fingerprint density at radius 1 is 1.28 bits per heavy atom. The Balaban J connectivity index is 1.43. The number of carbonyl (C=O) groups is 1. The summed E-state index contributed by atoms with van der Waals surface area (Å²) in [6.45, 7) is 0. The van der Waals surface area contributed by atoms with Crippen molar-refractivity contribution in [3.05, 3.63) is 30.2 Å². The Kier molecular flexibility index (Phi) is 3.20. The number of aliphatic hydroxyl groups is 1. The van der Waals surface area contributed by atoms with E-state index in [1.807, 2.05) is 18.2 Å². The molecule has 4 aliphatic rings. The summed E-state index contributed by atoms with van der Waals surface area (Å²) in [7, 11) is 1.60. The topological polar surface area (TPSA) is 71.7 Å². The number of benzene rings is 1. The minimum absolute atomic E-state index is 0.138. The van der Waals surface area contributed by atoms with Crippen LogP contribution < -0.4 is 10.1 Å². The number of methoxy groups -OCH3 is 1. The zero-order chi connectivity index (χ0) is 17.2. The molecule has 0 radical (unpaired) electrons. The van der Waals surface area contributed by atoms with E-state index in [-0.39, 0.29) is 11.9 Å². The van der Waals surface area contributed by atoms with Gasteiger partial charge in [0, 0.05) is 11.4 Å². The third-order valence-corrected chi connectivity index (χ3v) is 6.55. The molecule has 1 aromatic carbocycles. The van der Waals surface area contributed by atoms with Gasteiger partial charge in [-0.1, -0.05) is 12.1 Å². The molecule has 4 aliphatic carbocycles. The number of nitrogens with one attached hydrogen (secondary N) is 1. The first-order chi connectivity index (χ1) is 12.1. The molecule has 2 N–H and O–H groups in total. The smallest absolute Gasteiger partial charge is 0.288 e. The minimum Gasteiger partial charge on any atom is -0.496 e. The average molecular weight is 341 g/mol. The highest BCUT2D eigenvalue weighted by Gasteiger charge is 2.55. The van der Waals surface area contributed by atoms with Crippen LogP contribution in [0.25, 0.3) is 10.8 Å². The normalized spacial score (nSPS) is 35.9. The zero-order valence-electron chi connectivity index (χ0n) is 14.3. The number of rotatable bonds is 3. The van der Waals surface area contributed by atoms with Crippen LogP contribution in [-0.2, 0) is 0 Å². The van der Waals surface area contributed by atoms with E-state index in [9.17, 15) is 9.90 Å². The van der Waals surface area contributed by atoms with Crippen molar-refractivity contribution < 1.29 is 19.1 Å². The third kappa shape index (κ3) is 2.29. The summed E-state index contributed by atoms with van der Waals surface area (Å²) in [5, 5.41) is 15.5.